The van der Waals surface area contributed by atoms with E-state index in [9.17, 15) is 15.3 Å². The Balaban J connectivity index is 1.43. The summed E-state index contributed by atoms with van der Waals surface area (Å²) in [6.45, 7) is -0.172. The van der Waals surface area contributed by atoms with Crippen molar-refractivity contribution >= 4 is 29.2 Å². The van der Waals surface area contributed by atoms with Gasteiger partial charge in [0.15, 0.2) is 17.7 Å². The van der Waals surface area contributed by atoms with Gasteiger partial charge in [-0.3, -0.25) is 4.99 Å². The van der Waals surface area contributed by atoms with Gasteiger partial charge in [0.25, 0.3) is 0 Å². The molecule has 5 N–H and O–H groups in total. The van der Waals surface area contributed by atoms with Crippen LogP contribution in [0.15, 0.2) is 32.5 Å². The van der Waals surface area contributed by atoms with Crippen LogP contribution in [0.25, 0.3) is 0 Å². The minimum absolute atomic E-state index is 0.0931. The van der Waals surface area contributed by atoms with Crippen LogP contribution >= 0.6 is 11.3 Å². The van der Waals surface area contributed by atoms with Crippen LogP contribution in [0.1, 0.15) is 36.5 Å². The zero-order valence-corrected chi connectivity index (χ0v) is 17.4. The third-order valence-electron chi connectivity index (χ3n) is 6.76. The molecule has 4 aliphatic rings. The first-order valence-corrected chi connectivity index (χ1v) is 11.3. The summed E-state index contributed by atoms with van der Waals surface area (Å²) in [5.74, 6) is 0.930. The molecule has 3 aliphatic heterocycles. The number of amidine groups is 1. The number of aliphatic imine (C=N–C) groups is 3. The van der Waals surface area contributed by atoms with Gasteiger partial charge in [0, 0.05) is 16.7 Å². The average Bonchev–Trinajstić information content (AvgIpc) is 3.50. The lowest BCUT2D eigenvalue weighted by Gasteiger charge is -2.42. The number of thiophene rings is 1. The second kappa shape index (κ2) is 7.77. The van der Waals surface area contributed by atoms with Crippen molar-refractivity contribution in [2.75, 3.05) is 13.3 Å². The van der Waals surface area contributed by atoms with E-state index in [0.717, 1.165) is 19.3 Å². The molecule has 1 saturated heterocycles. The first kappa shape index (κ1) is 20.2. The van der Waals surface area contributed by atoms with Crippen molar-refractivity contribution in [3.63, 3.8) is 0 Å². The smallest absolute Gasteiger partial charge is 0.162 e. The first-order chi connectivity index (χ1) is 14.5. The zero-order valence-electron chi connectivity index (χ0n) is 16.5. The van der Waals surface area contributed by atoms with E-state index < -0.39 is 30.2 Å². The van der Waals surface area contributed by atoms with E-state index >= 15 is 0 Å². The quantitative estimate of drug-likeness (QED) is 0.538. The molecule has 1 unspecified atom stereocenters. The molecule has 30 heavy (non-hydrogen) atoms. The largest absolute Gasteiger partial charge is 0.394 e. The Morgan fingerprint density at radius 3 is 2.83 bits per heavy atom. The summed E-state index contributed by atoms with van der Waals surface area (Å²) in [7, 11) is 0. The van der Waals surface area contributed by atoms with E-state index in [2.05, 4.69) is 32.5 Å². The van der Waals surface area contributed by atoms with Gasteiger partial charge in [-0.05, 0) is 24.3 Å². The van der Waals surface area contributed by atoms with Crippen LogP contribution in [0, 0.1) is 5.92 Å². The van der Waals surface area contributed by atoms with Gasteiger partial charge >= 0.3 is 0 Å². The average molecular weight is 434 g/mol. The Morgan fingerprint density at radius 2 is 2.10 bits per heavy atom. The van der Waals surface area contributed by atoms with Crippen molar-refractivity contribution in [1.82, 2.24) is 4.90 Å². The molecule has 1 aromatic heterocycles. The maximum atomic E-state index is 10.5. The van der Waals surface area contributed by atoms with Crippen LogP contribution in [0.3, 0.4) is 0 Å². The number of fused-ring (bicyclic) bond motifs is 1. The maximum Gasteiger partial charge on any atom is 0.162 e. The molecule has 1 aromatic rings. The highest BCUT2D eigenvalue weighted by atomic mass is 32.1. The maximum absolute atomic E-state index is 10.5. The Bertz CT molecular complexity index is 875. The van der Waals surface area contributed by atoms with Crippen molar-refractivity contribution < 1.29 is 20.1 Å². The van der Waals surface area contributed by atoms with Crippen molar-refractivity contribution in [1.29, 1.82) is 0 Å². The molecule has 0 spiro atoms. The zero-order chi connectivity index (χ0) is 20.9. The Labute approximate surface area is 178 Å². The van der Waals surface area contributed by atoms with E-state index in [0.29, 0.717) is 17.5 Å². The van der Waals surface area contributed by atoms with E-state index in [1.807, 2.05) is 0 Å². The summed E-state index contributed by atoms with van der Waals surface area (Å²) in [6, 6.07) is 4.24. The number of aliphatic hydroxyl groups excluding tert-OH is 3. The number of aliphatic hydroxyl groups is 3. The van der Waals surface area contributed by atoms with Gasteiger partial charge in [-0.2, -0.15) is 0 Å². The Hall–Kier alpha value is -1.69. The van der Waals surface area contributed by atoms with E-state index in [1.54, 1.807) is 16.2 Å². The van der Waals surface area contributed by atoms with Crippen LogP contribution in [0.2, 0.25) is 0 Å². The molecule has 162 valence electrons. The summed E-state index contributed by atoms with van der Waals surface area (Å²) in [5, 5.41) is 32.1. The highest BCUT2D eigenvalue weighted by Gasteiger charge is 2.54. The molecule has 7 atom stereocenters. The van der Waals surface area contributed by atoms with Crippen molar-refractivity contribution in [2.24, 2.45) is 26.6 Å². The van der Waals surface area contributed by atoms with Gasteiger partial charge in [-0.25, -0.2) is 9.98 Å². The van der Waals surface area contributed by atoms with Gasteiger partial charge in [0.05, 0.1) is 6.61 Å². The van der Waals surface area contributed by atoms with Crippen molar-refractivity contribution in [3.8, 4) is 0 Å². The fourth-order valence-electron chi connectivity index (χ4n) is 5.21. The Kier molecular flexibility index (Phi) is 5.24. The van der Waals surface area contributed by atoms with Gasteiger partial charge in [0.2, 0.25) is 0 Å². The lowest BCUT2D eigenvalue weighted by Crippen LogP contribution is -2.60. The second-order valence-corrected chi connectivity index (χ2v) is 9.36. The summed E-state index contributed by atoms with van der Waals surface area (Å²) >= 11 is 1.75. The molecule has 9 nitrogen and oxygen atoms in total. The standard InChI is InChI=1S/C20H27N5O4S/c21-20(12-5-2-1-4-11(12)14-6-3-7-30-14)17-18(22-9-24-20)25(10-23-17)19-16(28)15(27)13(8-26)29-19/h3,6-7,9,11-13,15-16,19,26-28H,1-2,4-5,8,10,21H2/t11-,12-,13-,15-,16-,19-,20?/m1/s1. The molecule has 0 bridgehead atoms. The molecule has 1 aliphatic carbocycles. The molecule has 5 rings (SSSR count). The van der Waals surface area contributed by atoms with Crippen LogP contribution in [-0.4, -0.2) is 81.6 Å². The van der Waals surface area contributed by atoms with E-state index in [1.165, 1.54) is 17.6 Å². The molecule has 0 aromatic carbocycles. The molecule has 1 saturated carbocycles. The predicted molar refractivity (Wildman–Crippen MR) is 114 cm³/mol. The normalized spacial score (nSPS) is 41.0. The van der Waals surface area contributed by atoms with Gasteiger partial charge in [-0.1, -0.05) is 18.9 Å². The Morgan fingerprint density at radius 1 is 1.27 bits per heavy atom. The molecular weight excluding hydrogens is 406 g/mol. The number of rotatable bonds is 4. The topological polar surface area (TPSA) is 136 Å². The fraction of sp³-hybridized carbons (Fsp3) is 0.650. The second-order valence-electron chi connectivity index (χ2n) is 8.38. The molecule has 0 radical (unpaired) electrons. The summed E-state index contributed by atoms with van der Waals surface area (Å²) in [4.78, 5) is 16.8. The summed E-state index contributed by atoms with van der Waals surface area (Å²) < 4.78 is 5.70. The highest BCUT2D eigenvalue weighted by molar-refractivity contribution is 7.10. The SMILES string of the molecule is NC1([C@@H]2CCCC[C@H]2c2cccs2)N=CN=C2C1=NCN2[C@@H]1O[C@H](CO)[C@@H](O)[C@H]1O. The fourth-order valence-corrected chi connectivity index (χ4v) is 6.14. The number of hydrogen-bond acceptors (Lipinski definition) is 10. The third-order valence-corrected chi connectivity index (χ3v) is 7.76. The van der Waals surface area contributed by atoms with Gasteiger partial charge < -0.3 is 30.7 Å². The van der Waals surface area contributed by atoms with Crippen LogP contribution < -0.4 is 5.73 Å². The number of hydrogen-bond donors (Lipinski definition) is 4. The molecule has 2 fully saturated rings. The molecule has 10 heteroatoms. The van der Waals surface area contributed by atoms with Gasteiger partial charge in [0.1, 0.15) is 37.0 Å². The third kappa shape index (κ3) is 3.05. The summed E-state index contributed by atoms with van der Waals surface area (Å²) in [6.07, 6.45) is 1.71. The van der Waals surface area contributed by atoms with Crippen molar-refractivity contribution in [3.05, 3.63) is 22.4 Å². The highest BCUT2D eigenvalue weighted by Crippen LogP contribution is 2.46. The predicted octanol–water partition coefficient (Wildman–Crippen LogP) is 0.270. The van der Waals surface area contributed by atoms with Crippen LogP contribution in [0.5, 0.6) is 0 Å². The number of nitrogens with zero attached hydrogens (tertiary/aromatic N) is 4. The summed E-state index contributed by atoms with van der Waals surface area (Å²) in [5.41, 5.74) is 6.57. The number of ether oxygens (including phenoxy) is 1. The van der Waals surface area contributed by atoms with Crippen molar-refractivity contribution in [2.45, 2.75) is 61.8 Å². The van der Waals surface area contributed by atoms with Crippen LogP contribution in [0.4, 0.5) is 0 Å². The van der Waals surface area contributed by atoms with E-state index in [-0.39, 0.29) is 19.2 Å². The lowest BCUT2D eigenvalue weighted by molar-refractivity contribution is -0.0688. The monoisotopic (exact) mass is 433 g/mol. The van der Waals surface area contributed by atoms with E-state index in [4.69, 9.17) is 10.5 Å². The minimum Gasteiger partial charge on any atom is -0.394 e. The number of nitrogens with two attached hydrogens (primary N) is 1. The first-order valence-electron chi connectivity index (χ1n) is 10.4. The van der Waals surface area contributed by atoms with Gasteiger partial charge in [-0.15, -0.1) is 11.3 Å². The lowest BCUT2D eigenvalue weighted by atomic mass is 9.70. The molecule has 0 amide bonds. The minimum atomic E-state index is -1.18. The van der Waals surface area contributed by atoms with Crippen LogP contribution in [-0.2, 0) is 4.74 Å². The molecular formula is C20H27N5O4S. The molecule has 4 heterocycles.